The lowest BCUT2D eigenvalue weighted by molar-refractivity contribution is -0.0377. The zero-order valence-electron chi connectivity index (χ0n) is 13.3. The van der Waals surface area contributed by atoms with Crippen molar-refractivity contribution in [3.8, 4) is 0 Å². The minimum atomic E-state index is -0.678. The third kappa shape index (κ3) is 2.17. The second kappa shape index (κ2) is 5.57. The van der Waals surface area contributed by atoms with Gasteiger partial charge < -0.3 is 4.90 Å². The summed E-state index contributed by atoms with van der Waals surface area (Å²) in [5.41, 5.74) is 1.74. The standard InChI is InChI=1S/C18H17BrN2O3/c1-10-4-3-7-20(9-10)16-11-5-2-6-12-15(11)13(8-14(16)19)18(23)21(24)17(12)22/h2,5-6,8,10,24H,3-4,7,9H2,1H3. The van der Waals surface area contributed by atoms with E-state index in [4.69, 9.17) is 0 Å². The number of rotatable bonds is 1. The van der Waals surface area contributed by atoms with Gasteiger partial charge in [-0.15, -0.1) is 5.06 Å². The van der Waals surface area contributed by atoms with E-state index in [1.165, 1.54) is 6.42 Å². The second-order valence-corrected chi connectivity index (χ2v) is 7.45. The molecule has 2 aromatic rings. The van der Waals surface area contributed by atoms with Crippen LogP contribution in [-0.4, -0.2) is 35.2 Å². The summed E-state index contributed by atoms with van der Waals surface area (Å²) in [5.74, 6) is -0.742. The third-order valence-corrected chi connectivity index (χ3v) is 5.51. The molecule has 1 saturated heterocycles. The maximum atomic E-state index is 12.3. The fourth-order valence-corrected chi connectivity index (χ4v) is 4.51. The second-order valence-electron chi connectivity index (χ2n) is 6.60. The fourth-order valence-electron chi connectivity index (χ4n) is 3.82. The lowest BCUT2D eigenvalue weighted by atomic mass is 9.92. The summed E-state index contributed by atoms with van der Waals surface area (Å²) in [6, 6.07) is 7.11. The number of hydrogen-bond donors (Lipinski definition) is 1. The number of hydroxylamine groups is 2. The molecule has 0 aliphatic carbocycles. The maximum absolute atomic E-state index is 12.3. The zero-order valence-corrected chi connectivity index (χ0v) is 14.8. The molecular formula is C18H17BrN2O3. The molecule has 124 valence electrons. The van der Waals surface area contributed by atoms with Crippen molar-refractivity contribution in [1.29, 1.82) is 0 Å². The summed E-state index contributed by atoms with van der Waals surface area (Å²) < 4.78 is 0.812. The number of carbonyl (C=O) groups is 2. The molecule has 0 radical (unpaired) electrons. The molecule has 5 nitrogen and oxygen atoms in total. The molecule has 0 aromatic heterocycles. The molecule has 4 rings (SSSR count). The largest absolute Gasteiger partial charge is 0.370 e. The minimum Gasteiger partial charge on any atom is -0.370 e. The summed E-state index contributed by atoms with van der Waals surface area (Å²) in [4.78, 5) is 26.9. The van der Waals surface area contributed by atoms with Crippen LogP contribution in [-0.2, 0) is 0 Å². The van der Waals surface area contributed by atoms with Crippen LogP contribution in [0.4, 0.5) is 5.69 Å². The molecule has 0 saturated carbocycles. The van der Waals surface area contributed by atoms with E-state index in [1.807, 2.05) is 6.07 Å². The molecule has 1 atom stereocenters. The van der Waals surface area contributed by atoms with E-state index >= 15 is 0 Å². The van der Waals surface area contributed by atoms with Gasteiger partial charge in [-0.2, -0.15) is 0 Å². The van der Waals surface area contributed by atoms with E-state index in [2.05, 4.69) is 27.8 Å². The summed E-state index contributed by atoms with van der Waals surface area (Å²) in [5, 5.41) is 11.5. The van der Waals surface area contributed by atoms with Crippen LogP contribution >= 0.6 is 15.9 Å². The number of benzene rings is 2. The van der Waals surface area contributed by atoms with Crippen molar-refractivity contribution in [2.75, 3.05) is 18.0 Å². The normalized spacial score (nSPS) is 20.9. The Labute approximate surface area is 147 Å². The molecule has 0 bridgehead atoms. The van der Waals surface area contributed by atoms with Crippen molar-refractivity contribution in [2.45, 2.75) is 19.8 Å². The first-order valence-corrected chi connectivity index (χ1v) is 8.86. The van der Waals surface area contributed by atoms with Gasteiger partial charge in [-0.25, -0.2) is 0 Å². The number of halogens is 1. The Kier molecular flexibility index (Phi) is 3.62. The molecule has 24 heavy (non-hydrogen) atoms. The zero-order chi connectivity index (χ0) is 17.0. The van der Waals surface area contributed by atoms with Crippen LogP contribution in [0.5, 0.6) is 0 Å². The molecule has 2 amide bonds. The van der Waals surface area contributed by atoms with Crippen molar-refractivity contribution in [3.63, 3.8) is 0 Å². The van der Waals surface area contributed by atoms with Crippen LogP contribution in [0.15, 0.2) is 28.7 Å². The third-order valence-electron chi connectivity index (χ3n) is 4.90. The SMILES string of the molecule is CC1CCCN(c2c(Br)cc3c4c(cccc24)C(=O)N(O)C3=O)C1. The van der Waals surface area contributed by atoms with Gasteiger partial charge in [0.25, 0.3) is 11.8 Å². The Hall–Kier alpha value is -1.92. The lowest BCUT2D eigenvalue weighted by Gasteiger charge is -2.35. The highest BCUT2D eigenvalue weighted by Crippen LogP contribution is 2.41. The van der Waals surface area contributed by atoms with E-state index in [0.29, 0.717) is 22.4 Å². The first kappa shape index (κ1) is 15.6. The highest BCUT2D eigenvalue weighted by Gasteiger charge is 2.34. The molecule has 0 spiro atoms. The highest BCUT2D eigenvalue weighted by atomic mass is 79.9. The average molecular weight is 389 g/mol. The number of hydrogen-bond acceptors (Lipinski definition) is 4. The number of carbonyl (C=O) groups excluding carboxylic acids is 2. The van der Waals surface area contributed by atoms with E-state index < -0.39 is 11.8 Å². The van der Waals surface area contributed by atoms with Crippen LogP contribution in [0.25, 0.3) is 10.8 Å². The minimum absolute atomic E-state index is 0.201. The lowest BCUT2D eigenvalue weighted by Crippen LogP contribution is -2.38. The van der Waals surface area contributed by atoms with Gasteiger partial charge in [-0.05, 0) is 46.8 Å². The molecule has 1 fully saturated rings. The molecule has 6 heteroatoms. The molecule has 1 N–H and O–H groups in total. The average Bonchev–Trinajstić information content (AvgIpc) is 2.57. The van der Waals surface area contributed by atoms with E-state index in [-0.39, 0.29) is 5.06 Å². The molecule has 2 aliphatic rings. The van der Waals surface area contributed by atoms with Crippen LogP contribution in [0.3, 0.4) is 0 Å². The van der Waals surface area contributed by atoms with E-state index in [0.717, 1.165) is 35.1 Å². The molecule has 2 aliphatic heterocycles. The predicted octanol–water partition coefficient (Wildman–Crippen LogP) is 3.82. The highest BCUT2D eigenvalue weighted by molar-refractivity contribution is 9.10. The van der Waals surface area contributed by atoms with Crippen molar-refractivity contribution < 1.29 is 14.8 Å². The van der Waals surface area contributed by atoms with Crippen molar-refractivity contribution >= 4 is 44.2 Å². The Morgan fingerprint density at radius 1 is 1.21 bits per heavy atom. The Bertz CT molecular complexity index is 880. The van der Waals surface area contributed by atoms with Crippen LogP contribution in [0.2, 0.25) is 0 Å². The van der Waals surface area contributed by atoms with Gasteiger partial charge >= 0.3 is 0 Å². The first-order chi connectivity index (χ1) is 11.5. The van der Waals surface area contributed by atoms with E-state index in [9.17, 15) is 14.8 Å². The van der Waals surface area contributed by atoms with E-state index in [1.54, 1.807) is 18.2 Å². The van der Waals surface area contributed by atoms with Gasteiger partial charge in [0.15, 0.2) is 0 Å². The quantitative estimate of drug-likeness (QED) is 0.595. The van der Waals surface area contributed by atoms with Crippen LogP contribution in [0.1, 0.15) is 40.5 Å². The van der Waals surface area contributed by atoms with Crippen molar-refractivity contribution in [2.24, 2.45) is 5.92 Å². The van der Waals surface area contributed by atoms with Crippen molar-refractivity contribution in [1.82, 2.24) is 5.06 Å². The topological polar surface area (TPSA) is 60.9 Å². The summed E-state index contributed by atoms with van der Waals surface area (Å²) in [7, 11) is 0. The number of piperidine rings is 1. The number of nitrogens with zero attached hydrogens (tertiary/aromatic N) is 2. The fraction of sp³-hybridized carbons (Fsp3) is 0.333. The number of amides is 2. The monoisotopic (exact) mass is 388 g/mol. The van der Waals surface area contributed by atoms with Crippen LogP contribution in [0, 0.1) is 5.92 Å². The summed E-state index contributed by atoms with van der Waals surface area (Å²) >= 11 is 3.60. The van der Waals surface area contributed by atoms with Gasteiger partial charge in [0.2, 0.25) is 0 Å². The Morgan fingerprint density at radius 2 is 1.96 bits per heavy atom. The van der Waals surface area contributed by atoms with Crippen LogP contribution < -0.4 is 4.90 Å². The Balaban J connectivity index is 2.01. The Morgan fingerprint density at radius 3 is 2.71 bits per heavy atom. The van der Waals surface area contributed by atoms with Gasteiger partial charge in [0, 0.05) is 28.3 Å². The predicted molar refractivity (Wildman–Crippen MR) is 94.5 cm³/mol. The smallest absolute Gasteiger partial charge is 0.285 e. The number of imide groups is 1. The maximum Gasteiger partial charge on any atom is 0.285 e. The molecule has 2 heterocycles. The first-order valence-electron chi connectivity index (χ1n) is 8.07. The molecule has 1 unspecified atom stereocenters. The number of anilines is 1. The van der Waals surface area contributed by atoms with Crippen molar-refractivity contribution in [3.05, 3.63) is 39.9 Å². The molecule has 2 aromatic carbocycles. The molecular weight excluding hydrogens is 372 g/mol. The van der Waals surface area contributed by atoms with Gasteiger partial charge in [0.1, 0.15) is 0 Å². The van der Waals surface area contributed by atoms with Gasteiger partial charge in [-0.1, -0.05) is 19.1 Å². The summed E-state index contributed by atoms with van der Waals surface area (Å²) in [6.45, 7) is 4.14. The van der Waals surface area contributed by atoms with Gasteiger partial charge in [0.05, 0.1) is 16.8 Å². The van der Waals surface area contributed by atoms with Gasteiger partial charge in [-0.3, -0.25) is 14.8 Å². The summed E-state index contributed by atoms with van der Waals surface area (Å²) in [6.07, 6.45) is 2.34.